The Morgan fingerprint density at radius 3 is 1.03 bits per heavy atom. The van der Waals surface area contributed by atoms with Crippen LogP contribution in [-0.2, 0) is 35.8 Å². The average molecular weight is 467 g/mol. The third kappa shape index (κ3) is 13.9. The van der Waals surface area contributed by atoms with E-state index >= 15 is 0 Å². The van der Waals surface area contributed by atoms with Gasteiger partial charge in [-0.25, -0.2) is 9.78 Å². The number of hydrogen-bond acceptors (Lipinski definition) is 2. The van der Waals surface area contributed by atoms with Crippen LogP contribution >= 0.6 is 0 Å². The number of hydrogen-bond donors (Lipinski definition) is 0. The molecule has 0 N–H and O–H groups in total. The van der Waals surface area contributed by atoms with Crippen LogP contribution in [0.25, 0.3) is 0 Å². The number of benzene rings is 2. The van der Waals surface area contributed by atoms with Gasteiger partial charge in [0, 0.05) is 0 Å². The number of unbranched alkanes of at least 4 members (excludes halogenated alkanes) is 12. The van der Waals surface area contributed by atoms with Gasteiger partial charge in [0.15, 0.2) is 0 Å². The predicted octanol–water partition coefficient (Wildman–Crippen LogP) is 9.92. The van der Waals surface area contributed by atoms with Gasteiger partial charge in [-0.15, -0.1) is 0 Å². The van der Waals surface area contributed by atoms with Gasteiger partial charge in [0.25, 0.3) is 0 Å². The summed E-state index contributed by atoms with van der Waals surface area (Å²) >= 11 is 0. The summed E-state index contributed by atoms with van der Waals surface area (Å²) in [5.41, 5.74) is 5.17. The van der Waals surface area contributed by atoms with E-state index in [4.69, 9.17) is 9.78 Å². The third-order valence-electron chi connectivity index (χ3n) is 6.72. The fourth-order valence-corrected chi connectivity index (χ4v) is 4.40. The van der Waals surface area contributed by atoms with Gasteiger partial charge in [0.05, 0.1) is 0 Å². The Labute approximate surface area is 210 Å². The van der Waals surface area contributed by atoms with Gasteiger partial charge in [0.1, 0.15) is 13.2 Å². The second-order valence-corrected chi connectivity index (χ2v) is 9.90. The fourth-order valence-electron chi connectivity index (χ4n) is 4.40. The molecule has 0 fully saturated rings. The van der Waals surface area contributed by atoms with Gasteiger partial charge in [0.2, 0.25) is 0 Å². The molecule has 2 rings (SSSR count). The van der Waals surface area contributed by atoms with E-state index in [-0.39, 0.29) is 0 Å². The quantitative estimate of drug-likeness (QED) is 0.103. The van der Waals surface area contributed by atoms with Crippen molar-refractivity contribution in [1.29, 1.82) is 0 Å². The predicted molar refractivity (Wildman–Crippen MR) is 146 cm³/mol. The summed E-state index contributed by atoms with van der Waals surface area (Å²) in [5, 5.41) is 0. The van der Waals surface area contributed by atoms with Crippen molar-refractivity contribution in [2.75, 3.05) is 0 Å². The van der Waals surface area contributed by atoms with Crippen molar-refractivity contribution in [3.05, 3.63) is 70.8 Å². The smallest absolute Gasteiger partial charge is 0.107 e. The van der Waals surface area contributed by atoms with Crippen molar-refractivity contribution in [3.63, 3.8) is 0 Å². The second kappa shape index (κ2) is 19.6. The lowest BCUT2D eigenvalue weighted by Crippen LogP contribution is -1.97. The number of aryl methyl sites for hydroxylation is 2. The Hall–Kier alpha value is -1.64. The molecule has 0 aliphatic carbocycles. The minimum absolute atomic E-state index is 0.494. The summed E-state index contributed by atoms with van der Waals surface area (Å²) in [6, 6.07) is 17.6. The highest BCUT2D eigenvalue weighted by molar-refractivity contribution is 5.23. The van der Waals surface area contributed by atoms with E-state index in [9.17, 15) is 0 Å². The number of rotatable bonds is 21. The molecule has 0 aromatic heterocycles. The van der Waals surface area contributed by atoms with E-state index in [1.165, 1.54) is 114 Å². The Bertz CT molecular complexity index is 705. The van der Waals surface area contributed by atoms with E-state index in [1.807, 2.05) is 0 Å². The molecule has 2 heteroatoms. The lowest BCUT2D eigenvalue weighted by molar-refractivity contribution is -0.313. The lowest BCUT2D eigenvalue weighted by atomic mass is 10.0. The maximum absolute atomic E-state index is 5.46. The molecule has 0 spiro atoms. The summed E-state index contributed by atoms with van der Waals surface area (Å²) in [5.74, 6) is 0. The van der Waals surface area contributed by atoms with Crippen LogP contribution < -0.4 is 0 Å². The van der Waals surface area contributed by atoms with Crippen LogP contribution in [0.15, 0.2) is 48.5 Å². The molecule has 0 aliphatic rings. The fraction of sp³-hybridized carbons (Fsp3) is 0.625. The summed E-state index contributed by atoms with van der Waals surface area (Å²) in [4.78, 5) is 10.9. The van der Waals surface area contributed by atoms with Crippen molar-refractivity contribution >= 4 is 0 Å². The summed E-state index contributed by atoms with van der Waals surface area (Å²) in [6.45, 7) is 5.54. The van der Waals surface area contributed by atoms with E-state index in [0.717, 1.165) is 11.1 Å². The minimum Gasteiger partial charge on any atom is -0.232 e. The van der Waals surface area contributed by atoms with Crippen molar-refractivity contribution in [3.8, 4) is 0 Å². The molecule has 0 aliphatic heterocycles. The Kier molecular flexibility index (Phi) is 16.5. The molecule has 0 radical (unpaired) electrons. The summed E-state index contributed by atoms with van der Waals surface area (Å²) < 4.78 is 0. The third-order valence-corrected chi connectivity index (χ3v) is 6.72. The van der Waals surface area contributed by atoms with Gasteiger partial charge in [-0.1, -0.05) is 139 Å². The standard InChI is InChI=1S/C32H50O2/c1-3-5-7-9-11-12-14-16-18-30-21-25-32(26-22-30)28-34-33-27-31-23-19-29(20-24-31)17-15-13-10-8-6-4-2/h19-26H,3-18,27-28H2,1-2H3. The van der Waals surface area contributed by atoms with Gasteiger partial charge >= 0.3 is 0 Å². The first kappa shape index (κ1) is 28.6. The molecule has 2 aromatic rings. The van der Waals surface area contributed by atoms with Crippen molar-refractivity contribution in [1.82, 2.24) is 0 Å². The first-order chi connectivity index (χ1) is 16.8. The van der Waals surface area contributed by atoms with Gasteiger partial charge < -0.3 is 0 Å². The molecular weight excluding hydrogens is 416 g/mol. The molecule has 0 amide bonds. The normalized spacial score (nSPS) is 11.2. The van der Waals surface area contributed by atoms with E-state index in [1.54, 1.807) is 0 Å². The topological polar surface area (TPSA) is 18.5 Å². The zero-order chi connectivity index (χ0) is 24.1. The molecule has 0 saturated carbocycles. The Morgan fingerprint density at radius 2 is 0.676 bits per heavy atom. The second-order valence-electron chi connectivity index (χ2n) is 9.90. The van der Waals surface area contributed by atoms with Crippen LogP contribution in [-0.4, -0.2) is 0 Å². The van der Waals surface area contributed by atoms with Crippen LogP contribution in [0.3, 0.4) is 0 Å². The zero-order valence-corrected chi connectivity index (χ0v) is 22.2. The largest absolute Gasteiger partial charge is 0.232 e. The molecule has 190 valence electrons. The molecular formula is C32H50O2. The molecule has 0 heterocycles. The maximum Gasteiger partial charge on any atom is 0.107 e. The van der Waals surface area contributed by atoms with Crippen molar-refractivity contribution in [2.45, 2.75) is 130 Å². The summed E-state index contributed by atoms with van der Waals surface area (Å²) in [7, 11) is 0. The van der Waals surface area contributed by atoms with Gasteiger partial charge in [-0.05, 0) is 47.9 Å². The zero-order valence-electron chi connectivity index (χ0n) is 22.2. The first-order valence-electron chi connectivity index (χ1n) is 14.2. The minimum atomic E-state index is 0.494. The van der Waals surface area contributed by atoms with Crippen LogP contribution in [0.2, 0.25) is 0 Å². The lowest BCUT2D eigenvalue weighted by Gasteiger charge is -2.07. The van der Waals surface area contributed by atoms with Crippen LogP contribution in [0, 0.1) is 0 Å². The molecule has 34 heavy (non-hydrogen) atoms. The van der Waals surface area contributed by atoms with Crippen molar-refractivity contribution in [2.24, 2.45) is 0 Å². The monoisotopic (exact) mass is 466 g/mol. The molecule has 2 aromatic carbocycles. The van der Waals surface area contributed by atoms with Gasteiger partial charge in [-0.3, -0.25) is 0 Å². The molecule has 0 saturated heterocycles. The highest BCUT2D eigenvalue weighted by atomic mass is 17.2. The SMILES string of the molecule is CCCCCCCCCCc1ccc(COOCc2ccc(CCCCCCCC)cc2)cc1. The Morgan fingerprint density at radius 1 is 0.382 bits per heavy atom. The molecule has 2 nitrogen and oxygen atoms in total. The Balaban J connectivity index is 1.51. The van der Waals surface area contributed by atoms with E-state index in [0.29, 0.717) is 13.2 Å². The van der Waals surface area contributed by atoms with Crippen LogP contribution in [0.5, 0.6) is 0 Å². The van der Waals surface area contributed by atoms with E-state index < -0.39 is 0 Å². The molecule has 0 unspecified atom stereocenters. The first-order valence-corrected chi connectivity index (χ1v) is 14.2. The van der Waals surface area contributed by atoms with Crippen LogP contribution in [0.4, 0.5) is 0 Å². The van der Waals surface area contributed by atoms with E-state index in [2.05, 4.69) is 62.4 Å². The average Bonchev–Trinajstić information content (AvgIpc) is 2.87. The molecule has 0 atom stereocenters. The highest BCUT2D eigenvalue weighted by Gasteiger charge is 2.00. The molecule has 0 bridgehead atoms. The van der Waals surface area contributed by atoms with Crippen molar-refractivity contribution < 1.29 is 9.78 Å². The van der Waals surface area contributed by atoms with Gasteiger partial charge in [-0.2, -0.15) is 0 Å². The van der Waals surface area contributed by atoms with Crippen LogP contribution in [0.1, 0.15) is 126 Å². The summed E-state index contributed by atoms with van der Waals surface area (Å²) in [6.07, 6.45) is 21.4. The maximum atomic E-state index is 5.46. The highest BCUT2D eigenvalue weighted by Crippen LogP contribution is 2.14.